The van der Waals surface area contributed by atoms with Gasteiger partial charge in [-0.25, -0.2) is 0 Å². The Labute approximate surface area is 68.3 Å². The van der Waals surface area contributed by atoms with Crippen LogP contribution in [0.1, 0.15) is 5.56 Å². The van der Waals surface area contributed by atoms with E-state index >= 15 is 0 Å². The molecule has 56 valence electrons. The van der Waals surface area contributed by atoms with Crippen molar-refractivity contribution in [3.05, 3.63) is 24.0 Å². The predicted octanol–water partition coefficient (Wildman–Crippen LogP) is 0.761. The molecule has 1 aromatic heterocycles. The van der Waals surface area contributed by atoms with Gasteiger partial charge in [-0.3, -0.25) is 14.5 Å². The molecule has 0 radical (unpaired) electrons. The maximum atomic E-state index is 10.9. The number of hydrogen-bond donors (Lipinski definition) is 1. The highest BCUT2D eigenvalue weighted by Gasteiger charge is 2.14. The van der Waals surface area contributed by atoms with Gasteiger partial charge in [0, 0.05) is 17.3 Å². The van der Waals surface area contributed by atoms with Crippen molar-refractivity contribution in [2.24, 2.45) is 0 Å². The SMILES string of the molecule is O=C1Cc2cnccc2SN1. The molecule has 1 N–H and O–H groups in total. The first-order valence-electron chi connectivity index (χ1n) is 3.25. The third-order valence-electron chi connectivity index (χ3n) is 1.48. The fourth-order valence-electron chi connectivity index (χ4n) is 0.968. The highest BCUT2D eigenvalue weighted by molar-refractivity contribution is 7.98. The number of carbonyl (C=O) groups is 1. The van der Waals surface area contributed by atoms with Crippen LogP contribution in [0.25, 0.3) is 0 Å². The lowest BCUT2D eigenvalue weighted by Gasteiger charge is -2.13. The van der Waals surface area contributed by atoms with E-state index in [1.807, 2.05) is 6.07 Å². The minimum atomic E-state index is 0.0514. The van der Waals surface area contributed by atoms with Crippen LogP contribution in [0.4, 0.5) is 0 Å². The van der Waals surface area contributed by atoms with Crippen LogP contribution in [0.2, 0.25) is 0 Å². The summed E-state index contributed by atoms with van der Waals surface area (Å²) in [5.74, 6) is 0.0514. The average molecular weight is 166 g/mol. The van der Waals surface area contributed by atoms with Gasteiger partial charge in [-0.1, -0.05) is 0 Å². The van der Waals surface area contributed by atoms with Crippen molar-refractivity contribution in [3.63, 3.8) is 0 Å². The van der Waals surface area contributed by atoms with Crippen molar-refractivity contribution in [1.82, 2.24) is 9.71 Å². The van der Waals surface area contributed by atoms with Gasteiger partial charge in [0.25, 0.3) is 0 Å². The Morgan fingerprint density at radius 1 is 1.64 bits per heavy atom. The molecule has 4 heteroatoms. The molecule has 0 bridgehead atoms. The topological polar surface area (TPSA) is 42.0 Å². The Bertz CT molecular complexity index is 300. The average Bonchev–Trinajstić information content (AvgIpc) is 2.04. The Balaban J connectivity index is 2.41. The number of pyridine rings is 1. The van der Waals surface area contributed by atoms with Crippen LogP contribution in [0.15, 0.2) is 23.4 Å². The van der Waals surface area contributed by atoms with Crippen molar-refractivity contribution in [3.8, 4) is 0 Å². The van der Waals surface area contributed by atoms with E-state index < -0.39 is 0 Å². The molecular weight excluding hydrogens is 160 g/mol. The summed E-state index contributed by atoms with van der Waals surface area (Å²) in [6.45, 7) is 0. The fraction of sp³-hybridized carbons (Fsp3) is 0.143. The molecular formula is C7H6N2OS. The molecule has 0 unspecified atom stereocenters. The van der Waals surface area contributed by atoms with Crippen molar-refractivity contribution < 1.29 is 4.79 Å². The van der Waals surface area contributed by atoms with Gasteiger partial charge in [-0.15, -0.1) is 0 Å². The molecule has 1 aliphatic heterocycles. The van der Waals surface area contributed by atoms with Gasteiger partial charge in [-0.2, -0.15) is 0 Å². The summed E-state index contributed by atoms with van der Waals surface area (Å²) in [7, 11) is 0. The lowest BCUT2D eigenvalue weighted by Crippen LogP contribution is -2.22. The zero-order chi connectivity index (χ0) is 7.68. The number of nitrogens with one attached hydrogen (secondary N) is 1. The minimum absolute atomic E-state index is 0.0514. The van der Waals surface area contributed by atoms with E-state index in [1.165, 1.54) is 11.9 Å². The maximum absolute atomic E-state index is 10.9. The number of carbonyl (C=O) groups excluding carboxylic acids is 1. The second-order valence-electron chi connectivity index (χ2n) is 2.29. The quantitative estimate of drug-likeness (QED) is 0.578. The van der Waals surface area contributed by atoms with E-state index in [1.54, 1.807) is 12.4 Å². The van der Waals surface area contributed by atoms with E-state index in [2.05, 4.69) is 9.71 Å². The first-order chi connectivity index (χ1) is 5.36. The van der Waals surface area contributed by atoms with Gasteiger partial charge < -0.3 is 0 Å². The molecule has 0 spiro atoms. The highest BCUT2D eigenvalue weighted by Crippen LogP contribution is 2.23. The molecule has 0 saturated heterocycles. The third kappa shape index (κ3) is 1.21. The number of nitrogens with zero attached hydrogens (tertiary/aromatic N) is 1. The normalized spacial score (nSPS) is 15.5. The van der Waals surface area contributed by atoms with E-state index in [0.29, 0.717) is 6.42 Å². The number of aromatic nitrogens is 1. The van der Waals surface area contributed by atoms with Crippen LogP contribution < -0.4 is 4.72 Å². The molecule has 0 atom stereocenters. The summed E-state index contributed by atoms with van der Waals surface area (Å²) in [6.07, 6.45) is 3.92. The molecule has 1 aliphatic rings. The molecule has 3 nitrogen and oxygen atoms in total. The van der Waals surface area contributed by atoms with Crippen LogP contribution in [-0.4, -0.2) is 10.9 Å². The van der Waals surface area contributed by atoms with Gasteiger partial charge in [-0.05, 0) is 23.6 Å². The Morgan fingerprint density at radius 3 is 3.45 bits per heavy atom. The fourth-order valence-corrected chi connectivity index (χ4v) is 1.65. The van der Waals surface area contributed by atoms with E-state index in [4.69, 9.17) is 0 Å². The molecule has 1 amide bonds. The molecule has 0 saturated carbocycles. The van der Waals surface area contributed by atoms with Gasteiger partial charge in [0.15, 0.2) is 0 Å². The first-order valence-corrected chi connectivity index (χ1v) is 4.06. The number of rotatable bonds is 0. The van der Waals surface area contributed by atoms with Crippen LogP contribution in [0.5, 0.6) is 0 Å². The molecule has 0 fully saturated rings. The largest absolute Gasteiger partial charge is 0.296 e. The monoisotopic (exact) mass is 166 g/mol. The zero-order valence-corrected chi connectivity index (χ0v) is 6.52. The van der Waals surface area contributed by atoms with Crippen LogP contribution in [0, 0.1) is 0 Å². The molecule has 11 heavy (non-hydrogen) atoms. The van der Waals surface area contributed by atoms with Crippen molar-refractivity contribution >= 4 is 17.9 Å². The zero-order valence-electron chi connectivity index (χ0n) is 5.70. The maximum Gasteiger partial charge on any atom is 0.234 e. The summed E-state index contributed by atoms with van der Waals surface area (Å²) in [5, 5.41) is 0. The van der Waals surface area contributed by atoms with Gasteiger partial charge in [0.2, 0.25) is 5.91 Å². The lowest BCUT2D eigenvalue weighted by atomic mass is 10.2. The standard InChI is InChI=1S/C7H6N2OS/c10-7-3-5-4-8-2-1-6(5)11-9-7/h1-2,4H,3H2,(H,9,10). The molecule has 0 aliphatic carbocycles. The summed E-state index contributed by atoms with van der Waals surface area (Å²) in [4.78, 5) is 15.9. The molecule has 2 heterocycles. The molecule has 2 rings (SSSR count). The van der Waals surface area contributed by atoms with E-state index in [9.17, 15) is 4.79 Å². The second kappa shape index (κ2) is 2.54. The van der Waals surface area contributed by atoms with Crippen LogP contribution in [0.3, 0.4) is 0 Å². The summed E-state index contributed by atoms with van der Waals surface area (Å²) in [6, 6.07) is 1.90. The van der Waals surface area contributed by atoms with Crippen LogP contribution >= 0.6 is 11.9 Å². The van der Waals surface area contributed by atoms with Gasteiger partial charge in [0.1, 0.15) is 0 Å². The second-order valence-corrected chi connectivity index (χ2v) is 3.14. The summed E-state index contributed by atoms with van der Waals surface area (Å²) < 4.78 is 2.69. The molecule has 0 aromatic carbocycles. The summed E-state index contributed by atoms with van der Waals surface area (Å²) in [5.41, 5.74) is 1.02. The first kappa shape index (κ1) is 6.67. The minimum Gasteiger partial charge on any atom is -0.296 e. The highest BCUT2D eigenvalue weighted by atomic mass is 32.2. The van der Waals surface area contributed by atoms with Gasteiger partial charge in [0.05, 0.1) is 6.42 Å². The number of fused-ring (bicyclic) bond motifs is 1. The number of amides is 1. The Kier molecular flexibility index (Phi) is 1.54. The van der Waals surface area contributed by atoms with Gasteiger partial charge >= 0.3 is 0 Å². The van der Waals surface area contributed by atoms with E-state index in [-0.39, 0.29) is 5.91 Å². The lowest BCUT2D eigenvalue weighted by molar-refractivity contribution is -0.118. The molecule has 1 aromatic rings. The van der Waals surface area contributed by atoms with Crippen LogP contribution in [-0.2, 0) is 11.2 Å². The van der Waals surface area contributed by atoms with E-state index in [0.717, 1.165) is 10.5 Å². The smallest absolute Gasteiger partial charge is 0.234 e. The van der Waals surface area contributed by atoms with Crippen molar-refractivity contribution in [2.75, 3.05) is 0 Å². The Hall–Kier alpha value is -1.03. The predicted molar refractivity (Wildman–Crippen MR) is 41.9 cm³/mol. The summed E-state index contributed by atoms with van der Waals surface area (Å²) >= 11 is 1.36. The number of hydrogen-bond acceptors (Lipinski definition) is 3. The van der Waals surface area contributed by atoms with Crippen molar-refractivity contribution in [2.45, 2.75) is 11.3 Å². The third-order valence-corrected chi connectivity index (χ3v) is 2.43. The Morgan fingerprint density at radius 2 is 2.55 bits per heavy atom. The van der Waals surface area contributed by atoms with Crippen molar-refractivity contribution in [1.29, 1.82) is 0 Å².